The first-order valence-corrected chi connectivity index (χ1v) is 11.4. The van der Waals surface area contributed by atoms with Gasteiger partial charge in [-0.05, 0) is 70.9 Å². The Balaban J connectivity index is 1.53. The van der Waals surface area contributed by atoms with E-state index in [4.69, 9.17) is 25.9 Å². The van der Waals surface area contributed by atoms with Crippen molar-refractivity contribution in [1.82, 2.24) is 14.8 Å². The molecule has 2 fully saturated rings. The first kappa shape index (κ1) is 21.7. The van der Waals surface area contributed by atoms with E-state index in [-0.39, 0.29) is 17.6 Å². The number of nitrogens with zero attached hydrogens (tertiary/aromatic N) is 4. The number of hydrogen-bond acceptors (Lipinski definition) is 7. The van der Waals surface area contributed by atoms with Gasteiger partial charge in [-0.2, -0.15) is 0 Å². The maximum Gasteiger partial charge on any atom is 0.234 e. The number of likely N-dealkylation sites (tertiary alicyclic amines) is 2. The molecule has 0 amide bonds. The molecule has 3 aliphatic heterocycles. The van der Waals surface area contributed by atoms with Gasteiger partial charge in [0.05, 0.1) is 12.5 Å². The zero-order valence-corrected chi connectivity index (χ0v) is 19.0. The van der Waals surface area contributed by atoms with Crippen molar-refractivity contribution in [2.45, 2.75) is 51.2 Å². The van der Waals surface area contributed by atoms with E-state index < -0.39 is 0 Å². The molecule has 0 radical (unpaired) electrons. The van der Waals surface area contributed by atoms with Crippen molar-refractivity contribution in [3.63, 3.8) is 0 Å². The van der Waals surface area contributed by atoms with Crippen LogP contribution in [0.2, 0.25) is 5.02 Å². The molecule has 0 spiro atoms. The minimum Gasteiger partial charge on any atom is -0.480 e. The van der Waals surface area contributed by atoms with Gasteiger partial charge in [-0.1, -0.05) is 23.2 Å². The summed E-state index contributed by atoms with van der Waals surface area (Å²) >= 11 is 6.34. The average Bonchev–Trinajstić information content (AvgIpc) is 3.12. The lowest BCUT2D eigenvalue weighted by atomic mass is 9.80. The van der Waals surface area contributed by atoms with E-state index in [1.54, 1.807) is 7.11 Å². The molecule has 166 valence electrons. The lowest BCUT2D eigenvalue weighted by Crippen LogP contribution is -2.49. The Labute approximate surface area is 184 Å². The third-order valence-electron chi connectivity index (χ3n) is 6.57. The number of aromatic nitrogens is 1. The fourth-order valence-electron chi connectivity index (χ4n) is 4.84. The van der Waals surface area contributed by atoms with E-state index in [0.717, 1.165) is 57.0 Å². The van der Waals surface area contributed by atoms with Crippen LogP contribution in [0.5, 0.6) is 5.88 Å². The van der Waals surface area contributed by atoms with Crippen LogP contribution in [0.15, 0.2) is 17.4 Å². The number of rotatable bonds is 6. The first-order chi connectivity index (χ1) is 14.5. The van der Waals surface area contributed by atoms with Gasteiger partial charge in [-0.25, -0.2) is 4.98 Å². The highest BCUT2D eigenvalue weighted by Crippen LogP contribution is 2.38. The molecule has 0 bridgehead atoms. The van der Waals surface area contributed by atoms with E-state index in [0.29, 0.717) is 10.9 Å². The maximum atomic E-state index is 6.56. The molecule has 2 saturated heterocycles. The van der Waals surface area contributed by atoms with Crippen LogP contribution < -0.4 is 4.74 Å². The van der Waals surface area contributed by atoms with Gasteiger partial charge < -0.3 is 19.2 Å². The van der Waals surface area contributed by atoms with Crippen LogP contribution in [0, 0.1) is 5.41 Å². The topological polar surface area (TPSA) is 59.4 Å². The van der Waals surface area contributed by atoms with Gasteiger partial charge >= 0.3 is 0 Å². The van der Waals surface area contributed by atoms with Crippen molar-refractivity contribution >= 4 is 17.5 Å². The van der Waals surface area contributed by atoms with Gasteiger partial charge in [0.15, 0.2) is 12.2 Å². The molecule has 0 N–H and O–H groups in total. The van der Waals surface area contributed by atoms with E-state index in [2.05, 4.69) is 33.9 Å². The molecule has 3 aliphatic rings. The highest BCUT2D eigenvalue weighted by molar-refractivity contribution is 6.31. The molecule has 1 aromatic heterocycles. The highest BCUT2D eigenvalue weighted by atomic mass is 35.5. The predicted molar refractivity (Wildman–Crippen MR) is 117 cm³/mol. The second-order valence-electron chi connectivity index (χ2n) is 9.00. The summed E-state index contributed by atoms with van der Waals surface area (Å²) in [5.74, 6) is 1.17. The summed E-state index contributed by atoms with van der Waals surface area (Å²) in [6.45, 7) is 7.08. The Kier molecular flexibility index (Phi) is 6.70. The predicted octanol–water partition coefficient (Wildman–Crippen LogP) is 3.21. The van der Waals surface area contributed by atoms with Crippen LogP contribution in [0.25, 0.3) is 0 Å². The summed E-state index contributed by atoms with van der Waals surface area (Å²) in [6, 6.07) is 1.94. The summed E-state index contributed by atoms with van der Waals surface area (Å²) in [6.07, 6.45) is 7.35. The Morgan fingerprint density at radius 1 is 1.27 bits per heavy atom. The molecule has 4 heterocycles. The van der Waals surface area contributed by atoms with Crippen molar-refractivity contribution in [3.05, 3.63) is 22.8 Å². The Morgan fingerprint density at radius 3 is 2.73 bits per heavy atom. The number of piperidine rings is 1. The number of halogens is 1. The van der Waals surface area contributed by atoms with E-state index in [1.807, 2.05) is 12.3 Å². The number of oxime groups is 1. The quantitative estimate of drug-likeness (QED) is 0.682. The molecule has 1 aromatic rings. The summed E-state index contributed by atoms with van der Waals surface area (Å²) < 4.78 is 11.8. The summed E-state index contributed by atoms with van der Waals surface area (Å²) in [5.41, 5.74) is 0.808. The van der Waals surface area contributed by atoms with Crippen molar-refractivity contribution in [2.24, 2.45) is 10.6 Å². The molecule has 30 heavy (non-hydrogen) atoms. The van der Waals surface area contributed by atoms with Crippen LogP contribution in [0.4, 0.5) is 0 Å². The fraction of sp³-hybridized carbons (Fsp3) is 0.727. The smallest absolute Gasteiger partial charge is 0.234 e. The second kappa shape index (κ2) is 9.28. The maximum absolute atomic E-state index is 6.56. The van der Waals surface area contributed by atoms with Gasteiger partial charge in [-0.3, -0.25) is 4.90 Å². The van der Waals surface area contributed by atoms with Gasteiger partial charge in [0.25, 0.3) is 0 Å². The number of ether oxygens (including phenoxy) is 2. The molecular weight excluding hydrogens is 404 g/mol. The SMILES string of the molecule is COc1ncc(CC2(C3=NOC(C)C(CN4CCCCC4)O3)CCN(C)C2)cc1Cl. The highest BCUT2D eigenvalue weighted by Gasteiger charge is 2.47. The number of hydrogen-bond donors (Lipinski definition) is 0. The largest absolute Gasteiger partial charge is 0.480 e. The lowest BCUT2D eigenvalue weighted by Gasteiger charge is -2.39. The molecule has 3 atom stereocenters. The molecule has 8 heteroatoms. The van der Waals surface area contributed by atoms with Crippen molar-refractivity contribution in [1.29, 1.82) is 0 Å². The van der Waals surface area contributed by atoms with Gasteiger partial charge in [-0.15, -0.1) is 0 Å². The third kappa shape index (κ3) is 4.68. The zero-order chi connectivity index (χ0) is 21.1. The Morgan fingerprint density at radius 2 is 2.07 bits per heavy atom. The van der Waals surface area contributed by atoms with E-state index >= 15 is 0 Å². The minimum atomic E-state index is -0.241. The molecular formula is C22H33ClN4O3. The van der Waals surface area contributed by atoms with Crippen LogP contribution >= 0.6 is 11.6 Å². The zero-order valence-electron chi connectivity index (χ0n) is 18.3. The second-order valence-corrected chi connectivity index (χ2v) is 9.41. The monoisotopic (exact) mass is 436 g/mol. The van der Waals surface area contributed by atoms with Crippen molar-refractivity contribution in [3.8, 4) is 5.88 Å². The summed E-state index contributed by atoms with van der Waals surface area (Å²) in [7, 11) is 3.71. The summed E-state index contributed by atoms with van der Waals surface area (Å²) in [4.78, 5) is 15.0. The first-order valence-electron chi connectivity index (χ1n) is 11.0. The normalized spacial score (nSPS) is 30.5. The average molecular weight is 437 g/mol. The van der Waals surface area contributed by atoms with Gasteiger partial charge in [0, 0.05) is 19.3 Å². The van der Waals surface area contributed by atoms with Crippen molar-refractivity contribution in [2.75, 3.05) is 46.9 Å². The minimum absolute atomic E-state index is 0.00374. The molecule has 4 rings (SSSR count). The third-order valence-corrected chi connectivity index (χ3v) is 6.84. The molecule has 7 nitrogen and oxygen atoms in total. The summed E-state index contributed by atoms with van der Waals surface area (Å²) in [5, 5.41) is 4.99. The van der Waals surface area contributed by atoms with Crippen LogP contribution in [-0.4, -0.2) is 79.8 Å². The van der Waals surface area contributed by atoms with Gasteiger partial charge in [0.2, 0.25) is 11.8 Å². The molecule has 0 aliphatic carbocycles. The Bertz CT molecular complexity index is 771. The van der Waals surface area contributed by atoms with Crippen LogP contribution in [0.1, 0.15) is 38.2 Å². The van der Waals surface area contributed by atoms with Gasteiger partial charge in [0.1, 0.15) is 5.02 Å². The van der Waals surface area contributed by atoms with E-state index in [1.165, 1.54) is 19.3 Å². The molecule has 0 aromatic carbocycles. The van der Waals surface area contributed by atoms with E-state index in [9.17, 15) is 0 Å². The van der Waals surface area contributed by atoms with Crippen LogP contribution in [0.3, 0.4) is 0 Å². The number of pyridine rings is 1. The van der Waals surface area contributed by atoms with Crippen molar-refractivity contribution < 1.29 is 14.3 Å². The standard InChI is InChI=1S/C22H33ClN4O3/c1-16-19(14-27-8-5-4-6-9-27)29-21(25-30-16)22(7-10-26(2)15-22)12-17-11-18(23)20(28-3)24-13-17/h11,13,16,19H,4-10,12,14-15H2,1-3H3. The van der Waals surface area contributed by atoms with Crippen LogP contribution in [-0.2, 0) is 16.0 Å². The Hall–Kier alpha value is -1.57. The lowest BCUT2D eigenvalue weighted by molar-refractivity contribution is -0.0720. The molecule has 0 saturated carbocycles. The fourth-order valence-corrected chi connectivity index (χ4v) is 5.11. The number of methoxy groups -OCH3 is 1. The molecule has 3 unspecified atom stereocenters.